The number of amidine groups is 1. The second-order valence-electron chi connectivity index (χ2n) is 5.86. The number of morpholine rings is 1. The van der Waals surface area contributed by atoms with Crippen LogP contribution >= 0.6 is 0 Å². The van der Waals surface area contributed by atoms with E-state index < -0.39 is 0 Å². The molecule has 1 saturated heterocycles. The molecular weight excluding hydrogens is 292 g/mol. The molecule has 0 amide bonds. The summed E-state index contributed by atoms with van der Waals surface area (Å²) in [6.07, 6.45) is 1.04. The smallest absolute Gasteiger partial charge is 0.177 e. The predicted octanol–water partition coefficient (Wildman–Crippen LogP) is 1.03. The zero-order valence-corrected chi connectivity index (χ0v) is 13.5. The molecule has 2 aromatic heterocycles. The monoisotopic (exact) mass is 314 g/mol. The first-order valence-electron chi connectivity index (χ1n) is 8.35. The normalized spacial score (nSPS) is 18.3. The van der Waals surface area contributed by atoms with Crippen LogP contribution in [0.1, 0.15) is 19.2 Å². The van der Waals surface area contributed by atoms with E-state index in [2.05, 4.69) is 38.8 Å². The summed E-state index contributed by atoms with van der Waals surface area (Å²) in [4.78, 5) is 16.5. The summed E-state index contributed by atoms with van der Waals surface area (Å²) in [7, 11) is 0. The molecule has 0 spiro atoms. The van der Waals surface area contributed by atoms with Crippen molar-refractivity contribution in [1.82, 2.24) is 19.9 Å². The third-order valence-corrected chi connectivity index (χ3v) is 4.25. The van der Waals surface area contributed by atoms with E-state index in [0.29, 0.717) is 0 Å². The largest absolute Gasteiger partial charge is 0.378 e. The van der Waals surface area contributed by atoms with E-state index in [0.717, 1.165) is 81.0 Å². The molecule has 2 aliphatic heterocycles. The fraction of sp³-hybridized carbons (Fsp3) is 0.562. The molecule has 0 unspecified atom stereocenters. The van der Waals surface area contributed by atoms with Crippen molar-refractivity contribution in [3.05, 3.63) is 18.0 Å². The molecule has 1 N–H and O–H groups in total. The lowest BCUT2D eigenvalue weighted by atomic mass is 10.3. The second kappa shape index (κ2) is 6.16. The summed E-state index contributed by atoms with van der Waals surface area (Å²) >= 11 is 0. The molecule has 0 atom stereocenters. The highest BCUT2D eigenvalue weighted by Gasteiger charge is 2.20. The van der Waals surface area contributed by atoms with Crippen LogP contribution in [0.25, 0.3) is 11.2 Å². The van der Waals surface area contributed by atoms with Gasteiger partial charge in [0.15, 0.2) is 17.3 Å². The quantitative estimate of drug-likeness (QED) is 0.913. The average Bonchev–Trinajstić information content (AvgIpc) is 3.24. The fourth-order valence-corrected chi connectivity index (χ4v) is 3.12. The Morgan fingerprint density at radius 1 is 1.22 bits per heavy atom. The van der Waals surface area contributed by atoms with E-state index in [4.69, 9.17) is 14.7 Å². The molecule has 0 aromatic carbocycles. The fourth-order valence-electron chi connectivity index (χ4n) is 3.12. The Hall–Kier alpha value is -2.15. The number of nitrogens with zero attached hydrogens (tertiary/aromatic N) is 5. The van der Waals surface area contributed by atoms with Crippen LogP contribution in [-0.4, -0.2) is 59.8 Å². The molecule has 0 aliphatic carbocycles. The Kier molecular flexibility index (Phi) is 3.87. The number of fused-ring (bicyclic) bond motifs is 1. The number of anilines is 1. The van der Waals surface area contributed by atoms with Gasteiger partial charge in [-0.05, 0) is 18.6 Å². The Bertz CT molecular complexity index is 731. The van der Waals surface area contributed by atoms with Crippen molar-refractivity contribution in [2.75, 3.05) is 44.3 Å². The van der Waals surface area contributed by atoms with Gasteiger partial charge < -0.3 is 19.5 Å². The predicted molar refractivity (Wildman–Crippen MR) is 90.3 cm³/mol. The maximum Gasteiger partial charge on any atom is 0.177 e. The van der Waals surface area contributed by atoms with Gasteiger partial charge in [0.25, 0.3) is 0 Å². The SMILES string of the molecule is CCCn1c(C2=NCCN2)nc2ccc(N3CCOCC3)nc21. The molecule has 4 rings (SSSR count). The van der Waals surface area contributed by atoms with E-state index in [1.54, 1.807) is 0 Å². The number of aryl methyl sites for hydroxylation is 1. The molecular formula is C16H22N6O. The zero-order chi connectivity index (χ0) is 15.6. The Labute approximate surface area is 135 Å². The van der Waals surface area contributed by atoms with Crippen molar-refractivity contribution in [1.29, 1.82) is 0 Å². The zero-order valence-electron chi connectivity index (χ0n) is 13.5. The maximum absolute atomic E-state index is 5.43. The van der Waals surface area contributed by atoms with Crippen molar-refractivity contribution >= 4 is 22.8 Å². The van der Waals surface area contributed by atoms with E-state index in [-0.39, 0.29) is 0 Å². The molecule has 0 radical (unpaired) electrons. The van der Waals surface area contributed by atoms with Crippen LogP contribution in [0.4, 0.5) is 5.82 Å². The number of pyridine rings is 1. The topological polar surface area (TPSA) is 67.6 Å². The van der Waals surface area contributed by atoms with Crippen LogP contribution in [0.3, 0.4) is 0 Å². The molecule has 1 fully saturated rings. The van der Waals surface area contributed by atoms with Gasteiger partial charge in [-0.2, -0.15) is 0 Å². The second-order valence-corrected chi connectivity index (χ2v) is 5.86. The lowest BCUT2D eigenvalue weighted by molar-refractivity contribution is 0.122. The molecule has 23 heavy (non-hydrogen) atoms. The van der Waals surface area contributed by atoms with Crippen LogP contribution in [0.5, 0.6) is 0 Å². The highest BCUT2D eigenvalue weighted by Crippen LogP contribution is 2.21. The van der Waals surface area contributed by atoms with Crippen LogP contribution in [-0.2, 0) is 11.3 Å². The third kappa shape index (κ3) is 2.65. The first-order chi connectivity index (χ1) is 11.4. The number of aromatic nitrogens is 3. The lowest BCUT2D eigenvalue weighted by Gasteiger charge is -2.27. The maximum atomic E-state index is 5.43. The molecule has 4 heterocycles. The number of hydrogen-bond donors (Lipinski definition) is 1. The van der Waals surface area contributed by atoms with E-state index in [9.17, 15) is 0 Å². The molecule has 0 bridgehead atoms. The van der Waals surface area contributed by atoms with Gasteiger partial charge in [0.1, 0.15) is 11.3 Å². The van der Waals surface area contributed by atoms with Gasteiger partial charge in [-0.1, -0.05) is 6.92 Å². The number of ether oxygens (including phenoxy) is 1. The molecule has 122 valence electrons. The van der Waals surface area contributed by atoms with Gasteiger partial charge in [0.2, 0.25) is 0 Å². The summed E-state index contributed by atoms with van der Waals surface area (Å²) in [5, 5.41) is 3.32. The summed E-state index contributed by atoms with van der Waals surface area (Å²) < 4.78 is 7.62. The third-order valence-electron chi connectivity index (χ3n) is 4.25. The molecule has 2 aliphatic rings. The number of rotatable bonds is 4. The highest BCUT2D eigenvalue weighted by molar-refractivity contribution is 5.99. The van der Waals surface area contributed by atoms with Crippen LogP contribution in [0.15, 0.2) is 17.1 Å². The first kappa shape index (κ1) is 14.4. The number of aliphatic imine (C=N–C) groups is 1. The van der Waals surface area contributed by atoms with E-state index in [1.165, 1.54) is 0 Å². The Morgan fingerprint density at radius 3 is 2.83 bits per heavy atom. The summed E-state index contributed by atoms with van der Waals surface area (Å²) in [6, 6.07) is 4.13. The lowest BCUT2D eigenvalue weighted by Crippen LogP contribution is -2.36. The standard InChI is InChI=1S/C16H22N6O/c1-2-7-22-15-12(19-16(22)14-17-5-6-18-14)3-4-13(20-15)21-8-10-23-11-9-21/h3-4H,2,5-11H2,1H3,(H,17,18). The molecule has 7 nitrogen and oxygen atoms in total. The van der Waals surface area contributed by atoms with Gasteiger partial charge in [0.05, 0.1) is 19.8 Å². The summed E-state index contributed by atoms with van der Waals surface area (Å²) in [5.74, 6) is 2.81. The molecule has 7 heteroatoms. The number of nitrogens with one attached hydrogen (secondary N) is 1. The Morgan fingerprint density at radius 2 is 2.09 bits per heavy atom. The molecule has 0 saturated carbocycles. The minimum absolute atomic E-state index is 0.764. The minimum atomic E-state index is 0.764. The van der Waals surface area contributed by atoms with Crippen LogP contribution in [0, 0.1) is 0 Å². The van der Waals surface area contributed by atoms with Gasteiger partial charge in [-0.15, -0.1) is 0 Å². The first-order valence-corrected chi connectivity index (χ1v) is 8.35. The van der Waals surface area contributed by atoms with Gasteiger partial charge in [-0.25, -0.2) is 9.97 Å². The van der Waals surface area contributed by atoms with Crippen molar-refractivity contribution in [2.45, 2.75) is 19.9 Å². The van der Waals surface area contributed by atoms with Gasteiger partial charge in [0, 0.05) is 26.2 Å². The van der Waals surface area contributed by atoms with Crippen molar-refractivity contribution < 1.29 is 4.74 Å². The molecule has 2 aromatic rings. The minimum Gasteiger partial charge on any atom is -0.378 e. The van der Waals surface area contributed by atoms with Gasteiger partial charge >= 0.3 is 0 Å². The Balaban J connectivity index is 1.77. The van der Waals surface area contributed by atoms with Crippen molar-refractivity contribution in [2.24, 2.45) is 4.99 Å². The number of imidazole rings is 1. The van der Waals surface area contributed by atoms with Gasteiger partial charge in [-0.3, -0.25) is 4.99 Å². The van der Waals surface area contributed by atoms with E-state index >= 15 is 0 Å². The van der Waals surface area contributed by atoms with Crippen LogP contribution in [0.2, 0.25) is 0 Å². The van der Waals surface area contributed by atoms with Crippen LogP contribution < -0.4 is 10.2 Å². The number of hydrogen-bond acceptors (Lipinski definition) is 6. The summed E-state index contributed by atoms with van der Waals surface area (Å²) in [5.41, 5.74) is 1.88. The van der Waals surface area contributed by atoms with Crippen molar-refractivity contribution in [3.8, 4) is 0 Å². The van der Waals surface area contributed by atoms with Crippen molar-refractivity contribution in [3.63, 3.8) is 0 Å². The average molecular weight is 314 g/mol. The highest BCUT2D eigenvalue weighted by atomic mass is 16.5. The van der Waals surface area contributed by atoms with E-state index in [1.807, 2.05) is 0 Å². The summed E-state index contributed by atoms with van der Waals surface area (Å²) in [6.45, 7) is 8.08.